The molecule has 3 nitrogen and oxygen atoms in total. The van der Waals surface area contributed by atoms with Crippen LogP contribution < -0.4 is 0 Å². The van der Waals surface area contributed by atoms with Crippen LogP contribution in [0.25, 0.3) is 0 Å². The van der Waals surface area contributed by atoms with Gasteiger partial charge in [-0.05, 0) is 58.8 Å². The van der Waals surface area contributed by atoms with Crippen molar-refractivity contribution in [3.8, 4) is 0 Å². The molecule has 0 aromatic heterocycles. The maximum absolute atomic E-state index is 13.7. The second kappa shape index (κ2) is 6.05. The van der Waals surface area contributed by atoms with E-state index in [2.05, 4.69) is 20.8 Å². The average Bonchev–Trinajstić information content (AvgIpc) is 2.82. The number of aliphatic carboxylic acids is 1. The molecule has 1 saturated carbocycles. The third kappa shape index (κ3) is 2.99. The molecule has 0 unspecified atom stereocenters. The quantitative estimate of drug-likeness (QED) is 0.896. The standard InChI is InChI=1S/C16H19BrFNO2/c17-12-6-5-10(7-13(12)18)9-19-14-4-2-1-3-11(14)8-15(19)16(20)21/h5-7,11,14-15H,1-4,8-9H2,(H,20,21)/t11-,14+,15-/m0/s1. The van der Waals surface area contributed by atoms with Crippen LogP contribution in [0.5, 0.6) is 0 Å². The molecule has 2 fully saturated rings. The van der Waals surface area contributed by atoms with Gasteiger partial charge in [-0.25, -0.2) is 4.39 Å². The van der Waals surface area contributed by atoms with Crippen LogP contribution in [0, 0.1) is 11.7 Å². The molecular weight excluding hydrogens is 337 g/mol. The Kier molecular flexibility index (Phi) is 4.31. The number of rotatable bonds is 3. The number of fused-ring (bicyclic) bond motifs is 1. The Bertz CT molecular complexity index is 551. The van der Waals surface area contributed by atoms with Gasteiger partial charge in [0.25, 0.3) is 0 Å². The number of hydrogen-bond acceptors (Lipinski definition) is 2. The molecule has 3 atom stereocenters. The number of halogens is 2. The fourth-order valence-corrected chi connectivity index (χ4v) is 4.12. The maximum atomic E-state index is 13.7. The molecule has 114 valence electrons. The van der Waals surface area contributed by atoms with E-state index in [1.165, 1.54) is 18.9 Å². The van der Waals surface area contributed by atoms with Gasteiger partial charge in [-0.15, -0.1) is 0 Å². The highest BCUT2D eigenvalue weighted by Gasteiger charge is 2.44. The maximum Gasteiger partial charge on any atom is 0.320 e. The summed E-state index contributed by atoms with van der Waals surface area (Å²) in [6.07, 6.45) is 5.29. The van der Waals surface area contributed by atoms with Crippen LogP contribution in [0.2, 0.25) is 0 Å². The molecule has 0 bridgehead atoms. The SMILES string of the molecule is O=C(O)[C@@H]1C[C@@H]2CCCC[C@H]2N1Cc1ccc(Br)c(F)c1. The van der Waals surface area contributed by atoms with Crippen molar-refractivity contribution in [3.05, 3.63) is 34.1 Å². The summed E-state index contributed by atoms with van der Waals surface area (Å²) in [4.78, 5) is 13.6. The zero-order valence-electron chi connectivity index (χ0n) is 11.8. The number of benzene rings is 1. The van der Waals surface area contributed by atoms with Gasteiger partial charge < -0.3 is 5.11 Å². The van der Waals surface area contributed by atoms with Crippen molar-refractivity contribution in [1.82, 2.24) is 4.90 Å². The second-order valence-electron chi connectivity index (χ2n) is 6.12. The first-order valence-electron chi connectivity index (χ1n) is 7.48. The molecule has 5 heteroatoms. The summed E-state index contributed by atoms with van der Waals surface area (Å²) in [7, 11) is 0. The minimum Gasteiger partial charge on any atom is -0.480 e. The van der Waals surface area contributed by atoms with Gasteiger partial charge in [0, 0.05) is 12.6 Å². The van der Waals surface area contributed by atoms with Crippen LogP contribution in [0.4, 0.5) is 4.39 Å². The third-order valence-corrected chi connectivity index (χ3v) is 5.50. The van der Waals surface area contributed by atoms with Gasteiger partial charge in [-0.1, -0.05) is 18.9 Å². The Balaban J connectivity index is 1.82. The lowest BCUT2D eigenvalue weighted by atomic mass is 9.84. The van der Waals surface area contributed by atoms with Crippen molar-refractivity contribution in [3.63, 3.8) is 0 Å². The number of nitrogens with zero attached hydrogens (tertiary/aromatic N) is 1. The van der Waals surface area contributed by atoms with Crippen LogP contribution in [0.1, 0.15) is 37.7 Å². The normalized spacial score (nSPS) is 29.3. The largest absolute Gasteiger partial charge is 0.480 e. The van der Waals surface area contributed by atoms with E-state index in [9.17, 15) is 14.3 Å². The zero-order chi connectivity index (χ0) is 15.0. The summed E-state index contributed by atoms with van der Waals surface area (Å²) in [6.45, 7) is 0.516. The summed E-state index contributed by atoms with van der Waals surface area (Å²) >= 11 is 3.15. The van der Waals surface area contributed by atoms with Gasteiger partial charge in [-0.3, -0.25) is 9.69 Å². The molecule has 1 heterocycles. The van der Waals surface area contributed by atoms with E-state index in [1.807, 2.05) is 6.07 Å². The first kappa shape index (κ1) is 15.0. The molecule has 1 aliphatic heterocycles. The van der Waals surface area contributed by atoms with Crippen molar-refractivity contribution >= 4 is 21.9 Å². The summed E-state index contributed by atoms with van der Waals surface area (Å²) in [5.74, 6) is -0.555. The van der Waals surface area contributed by atoms with Crippen molar-refractivity contribution in [2.24, 2.45) is 5.92 Å². The molecule has 1 N–H and O–H groups in total. The van der Waals surface area contributed by atoms with Crippen molar-refractivity contribution < 1.29 is 14.3 Å². The molecule has 21 heavy (non-hydrogen) atoms. The number of likely N-dealkylation sites (tertiary alicyclic amines) is 1. The lowest BCUT2D eigenvalue weighted by Gasteiger charge is -2.33. The minimum atomic E-state index is -0.748. The summed E-state index contributed by atoms with van der Waals surface area (Å²) in [5, 5.41) is 9.48. The van der Waals surface area contributed by atoms with E-state index in [4.69, 9.17) is 0 Å². The second-order valence-corrected chi connectivity index (χ2v) is 6.98. The van der Waals surface area contributed by atoms with Crippen LogP contribution in [0.15, 0.2) is 22.7 Å². The number of carboxylic acids is 1. The smallest absolute Gasteiger partial charge is 0.320 e. The lowest BCUT2D eigenvalue weighted by Crippen LogP contribution is -2.41. The summed E-state index contributed by atoms with van der Waals surface area (Å²) in [6, 6.07) is 4.97. The number of hydrogen-bond donors (Lipinski definition) is 1. The molecule has 3 rings (SSSR count). The fraction of sp³-hybridized carbons (Fsp3) is 0.562. The molecule has 0 spiro atoms. The van der Waals surface area contributed by atoms with Crippen molar-refractivity contribution in [1.29, 1.82) is 0 Å². The predicted molar refractivity (Wildman–Crippen MR) is 81.4 cm³/mol. The van der Waals surface area contributed by atoms with Crippen molar-refractivity contribution in [2.75, 3.05) is 0 Å². The molecule has 2 aliphatic rings. The highest BCUT2D eigenvalue weighted by Crippen LogP contribution is 2.40. The van der Waals surface area contributed by atoms with E-state index >= 15 is 0 Å². The van der Waals surface area contributed by atoms with Gasteiger partial charge in [0.1, 0.15) is 11.9 Å². The van der Waals surface area contributed by atoms with Gasteiger partial charge in [0.15, 0.2) is 0 Å². The van der Waals surface area contributed by atoms with E-state index in [-0.39, 0.29) is 5.82 Å². The first-order valence-corrected chi connectivity index (χ1v) is 8.28. The highest BCUT2D eigenvalue weighted by atomic mass is 79.9. The lowest BCUT2D eigenvalue weighted by molar-refractivity contribution is -0.142. The molecule has 1 aromatic rings. The number of carbonyl (C=O) groups is 1. The molecule has 1 aliphatic carbocycles. The van der Waals surface area contributed by atoms with Gasteiger partial charge in [0.05, 0.1) is 4.47 Å². The third-order valence-electron chi connectivity index (χ3n) is 4.86. The highest BCUT2D eigenvalue weighted by molar-refractivity contribution is 9.10. The summed E-state index contributed by atoms with van der Waals surface area (Å²) < 4.78 is 14.1. The Morgan fingerprint density at radius 1 is 1.38 bits per heavy atom. The monoisotopic (exact) mass is 355 g/mol. The van der Waals surface area contributed by atoms with E-state index in [0.717, 1.165) is 24.8 Å². The van der Waals surface area contributed by atoms with E-state index < -0.39 is 12.0 Å². The average molecular weight is 356 g/mol. The molecule has 0 amide bonds. The fourth-order valence-electron chi connectivity index (χ4n) is 3.87. The van der Waals surface area contributed by atoms with Crippen molar-refractivity contribution in [2.45, 2.75) is 50.7 Å². The zero-order valence-corrected chi connectivity index (χ0v) is 13.4. The predicted octanol–water partition coefficient (Wildman–Crippen LogP) is 3.81. The Morgan fingerprint density at radius 3 is 2.86 bits per heavy atom. The van der Waals surface area contributed by atoms with Crippen LogP contribution >= 0.6 is 15.9 Å². The van der Waals surface area contributed by atoms with Gasteiger partial charge >= 0.3 is 5.97 Å². The Morgan fingerprint density at radius 2 is 2.14 bits per heavy atom. The molecule has 1 saturated heterocycles. The Hall–Kier alpha value is -0.940. The van der Waals surface area contributed by atoms with E-state index in [0.29, 0.717) is 23.0 Å². The summed E-state index contributed by atoms with van der Waals surface area (Å²) in [5.41, 5.74) is 0.841. The molecule has 0 radical (unpaired) electrons. The first-order chi connectivity index (χ1) is 10.1. The van der Waals surface area contributed by atoms with E-state index in [1.54, 1.807) is 6.07 Å². The minimum absolute atomic E-state index is 0.293. The van der Waals surface area contributed by atoms with Crippen LogP contribution in [-0.2, 0) is 11.3 Å². The van der Waals surface area contributed by atoms with Crippen LogP contribution in [0.3, 0.4) is 0 Å². The van der Waals surface area contributed by atoms with Gasteiger partial charge in [-0.2, -0.15) is 0 Å². The van der Waals surface area contributed by atoms with Crippen LogP contribution in [-0.4, -0.2) is 28.1 Å². The number of carboxylic acid groups (broad SMARTS) is 1. The van der Waals surface area contributed by atoms with Gasteiger partial charge in [0.2, 0.25) is 0 Å². The molecular formula is C16H19BrFNO2. The molecule has 1 aromatic carbocycles. The topological polar surface area (TPSA) is 40.5 Å². The Labute approximate surface area is 132 Å².